The van der Waals surface area contributed by atoms with Crippen LogP contribution in [0.2, 0.25) is 0 Å². The highest BCUT2D eigenvalue weighted by Crippen LogP contribution is 2.32. The third-order valence-electron chi connectivity index (χ3n) is 3.31. The van der Waals surface area contributed by atoms with Crippen LogP contribution in [0.3, 0.4) is 0 Å². The van der Waals surface area contributed by atoms with E-state index in [1.807, 2.05) is 12.3 Å². The van der Waals surface area contributed by atoms with Crippen molar-refractivity contribution in [3.63, 3.8) is 0 Å². The molecule has 1 aliphatic heterocycles. The number of alkyl halides is 1. The van der Waals surface area contributed by atoms with E-state index >= 15 is 0 Å². The number of piperidine rings is 1. The van der Waals surface area contributed by atoms with Gasteiger partial charge in [-0.1, -0.05) is 0 Å². The summed E-state index contributed by atoms with van der Waals surface area (Å²) in [6.07, 6.45) is -0.0119. The number of hydrogen-bond acceptors (Lipinski definition) is 3. The SMILES string of the molecule is O=C(O)N1CCC(n2cc3cc(Br)sc3n2)C(F)C1. The van der Waals surface area contributed by atoms with E-state index in [0.717, 1.165) is 18.9 Å². The van der Waals surface area contributed by atoms with Crippen LogP contribution in [0, 0.1) is 0 Å². The molecule has 2 atom stereocenters. The Morgan fingerprint density at radius 1 is 1.63 bits per heavy atom. The maximum Gasteiger partial charge on any atom is 0.407 e. The summed E-state index contributed by atoms with van der Waals surface area (Å²) in [5.74, 6) is 0. The average Bonchev–Trinajstić information content (AvgIpc) is 2.85. The van der Waals surface area contributed by atoms with E-state index in [0.29, 0.717) is 13.0 Å². The van der Waals surface area contributed by atoms with E-state index < -0.39 is 12.3 Å². The first kappa shape index (κ1) is 12.9. The van der Waals surface area contributed by atoms with Crippen LogP contribution in [0.25, 0.3) is 10.2 Å². The Balaban J connectivity index is 1.82. The highest BCUT2D eigenvalue weighted by molar-refractivity contribution is 9.11. The van der Waals surface area contributed by atoms with Crippen molar-refractivity contribution < 1.29 is 14.3 Å². The molecule has 3 rings (SSSR count). The second kappa shape index (κ2) is 4.75. The first-order valence-corrected chi connectivity index (χ1v) is 7.41. The number of likely N-dealkylation sites (tertiary alicyclic amines) is 1. The van der Waals surface area contributed by atoms with Gasteiger partial charge in [0.05, 0.1) is 16.4 Å². The van der Waals surface area contributed by atoms with Gasteiger partial charge in [0.2, 0.25) is 0 Å². The summed E-state index contributed by atoms with van der Waals surface area (Å²) in [6.45, 7) is 0.259. The third kappa shape index (κ3) is 2.34. The topological polar surface area (TPSA) is 58.4 Å². The quantitative estimate of drug-likeness (QED) is 0.862. The van der Waals surface area contributed by atoms with Crippen LogP contribution in [-0.4, -0.2) is 45.1 Å². The molecule has 1 saturated heterocycles. The van der Waals surface area contributed by atoms with Gasteiger partial charge in [-0.05, 0) is 28.4 Å². The van der Waals surface area contributed by atoms with E-state index in [1.165, 1.54) is 11.3 Å². The van der Waals surface area contributed by atoms with Gasteiger partial charge in [-0.15, -0.1) is 11.3 Å². The number of fused-ring (bicyclic) bond motifs is 1. The molecule has 1 amide bonds. The van der Waals surface area contributed by atoms with Crippen LogP contribution >= 0.6 is 27.3 Å². The fourth-order valence-corrected chi connectivity index (χ4v) is 3.79. The van der Waals surface area contributed by atoms with Crippen molar-refractivity contribution in [2.45, 2.75) is 18.6 Å². The van der Waals surface area contributed by atoms with E-state index in [1.54, 1.807) is 4.68 Å². The zero-order valence-electron chi connectivity index (χ0n) is 9.79. The summed E-state index contributed by atoms with van der Waals surface area (Å²) in [7, 11) is 0. The minimum absolute atomic E-state index is 0.0861. The molecule has 5 nitrogen and oxygen atoms in total. The van der Waals surface area contributed by atoms with Gasteiger partial charge in [0, 0.05) is 18.1 Å². The Bertz CT molecular complexity index is 597. The molecular formula is C11H11BrFN3O2S. The van der Waals surface area contributed by atoms with Gasteiger partial charge < -0.3 is 10.0 Å². The maximum atomic E-state index is 14.1. The van der Waals surface area contributed by atoms with Crippen LogP contribution in [0.15, 0.2) is 16.0 Å². The van der Waals surface area contributed by atoms with E-state index in [2.05, 4.69) is 21.0 Å². The molecular weight excluding hydrogens is 337 g/mol. The molecule has 1 aliphatic rings. The van der Waals surface area contributed by atoms with Crippen molar-refractivity contribution in [1.82, 2.24) is 14.7 Å². The Labute approximate surface area is 120 Å². The van der Waals surface area contributed by atoms with Crippen molar-refractivity contribution in [2.24, 2.45) is 0 Å². The zero-order chi connectivity index (χ0) is 13.6. The minimum atomic E-state index is -1.22. The second-order valence-electron chi connectivity index (χ2n) is 4.52. The Morgan fingerprint density at radius 3 is 3.05 bits per heavy atom. The number of carboxylic acid groups (broad SMARTS) is 1. The minimum Gasteiger partial charge on any atom is -0.465 e. The predicted molar refractivity (Wildman–Crippen MR) is 73.5 cm³/mol. The number of thiophene rings is 1. The van der Waals surface area contributed by atoms with Gasteiger partial charge in [-0.25, -0.2) is 9.18 Å². The number of rotatable bonds is 1. The Kier molecular flexibility index (Phi) is 3.22. The largest absolute Gasteiger partial charge is 0.465 e. The van der Waals surface area contributed by atoms with Crippen LogP contribution in [-0.2, 0) is 0 Å². The smallest absolute Gasteiger partial charge is 0.407 e. The van der Waals surface area contributed by atoms with Gasteiger partial charge in [-0.3, -0.25) is 4.68 Å². The number of amides is 1. The molecule has 0 radical (unpaired) electrons. The predicted octanol–water partition coefficient (Wildman–Crippen LogP) is 3.12. The van der Waals surface area contributed by atoms with Crippen LogP contribution in [0.1, 0.15) is 12.5 Å². The molecule has 2 unspecified atom stereocenters. The van der Waals surface area contributed by atoms with Gasteiger partial charge in [0.25, 0.3) is 0 Å². The molecule has 2 aromatic heterocycles. The molecule has 8 heteroatoms. The molecule has 3 heterocycles. The van der Waals surface area contributed by atoms with Gasteiger partial charge in [-0.2, -0.15) is 5.10 Å². The molecule has 0 spiro atoms. The van der Waals surface area contributed by atoms with Crippen molar-refractivity contribution in [3.8, 4) is 0 Å². The molecule has 1 N–H and O–H groups in total. The van der Waals surface area contributed by atoms with E-state index in [4.69, 9.17) is 5.11 Å². The summed E-state index contributed by atoms with van der Waals surface area (Å²) in [5, 5.41) is 14.2. The first-order valence-electron chi connectivity index (χ1n) is 5.81. The lowest BCUT2D eigenvalue weighted by molar-refractivity contribution is 0.0757. The number of nitrogens with zero attached hydrogens (tertiary/aromatic N) is 3. The first-order chi connectivity index (χ1) is 9.04. The number of aromatic nitrogens is 2. The highest BCUT2D eigenvalue weighted by Gasteiger charge is 2.33. The standard InChI is InChI=1S/C11H11BrFN3O2S/c12-9-3-6-4-16(14-10(6)19-9)8-1-2-15(11(17)18)5-7(8)13/h3-4,7-8H,1-2,5H2,(H,17,18). The average molecular weight is 348 g/mol. The summed E-state index contributed by atoms with van der Waals surface area (Å²) in [6, 6.07) is 1.57. The number of halogens is 2. The molecule has 0 bridgehead atoms. The summed E-state index contributed by atoms with van der Waals surface area (Å²) < 4.78 is 16.7. The zero-order valence-corrected chi connectivity index (χ0v) is 12.2. The monoisotopic (exact) mass is 347 g/mol. The lowest BCUT2D eigenvalue weighted by atomic mass is 10.0. The van der Waals surface area contributed by atoms with Crippen LogP contribution < -0.4 is 0 Å². The van der Waals surface area contributed by atoms with E-state index in [9.17, 15) is 9.18 Å². The van der Waals surface area contributed by atoms with Crippen molar-refractivity contribution in [2.75, 3.05) is 13.1 Å². The Morgan fingerprint density at radius 2 is 2.42 bits per heavy atom. The highest BCUT2D eigenvalue weighted by atomic mass is 79.9. The normalized spacial score (nSPS) is 24.0. The van der Waals surface area contributed by atoms with Crippen molar-refractivity contribution in [3.05, 3.63) is 16.0 Å². The third-order valence-corrected chi connectivity index (χ3v) is 4.84. The number of carbonyl (C=O) groups is 1. The molecule has 0 aromatic carbocycles. The van der Waals surface area contributed by atoms with Crippen molar-refractivity contribution in [1.29, 1.82) is 0 Å². The summed E-state index contributed by atoms with van der Waals surface area (Å²) in [4.78, 5) is 12.8. The fourth-order valence-electron chi connectivity index (χ4n) is 2.35. The van der Waals surface area contributed by atoms with Gasteiger partial charge in [0.15, 0.2) is 0 Å². The van der Waals surface area contributed by atoms with Crippen LogP contribution in [0.4, 0.5) is 9.18 Å². The Hall–Kier alpha value is -1.15. The second-order valence-corrected chi connectivity index (χ2v) is 6.93. The summed E-state index contributed by atoms with van der Waals surface area (Å²) in [5.41, 5.74) is 0. The molecule has 0 aliphatic carbocycles. The van der Waals surface area contributed by atoms with Gasteiger partial charge >= 0.3 is 6.09 Å². The number of hydrogen-bond donors (Lipinski definition) is 1. The fraction of sp³-hybridized carbons (Fsp3) is 0.455. The van der Waals surface area contributed by atoms with Crippen molar-refractivity contribution >= 4 is 43.6 Å². The van der Waals surface area contributed by atoms with Gasteiger partial charge in [0.1, 0.15) is 11.0 Å². The lowest BCUT2D eigenvalue weighted by Crippen LogP contribution is -2.45. The summed E-state index contributed by atoms with van der Waals surface area (Å²) >= 11 is 4.88. The molecule has 19 heavy (non-hydrogen) atoms. The maximum absolute atomic E-state index is 14.1. The molecule has 102 valence electrons. The molecule has 1 fully saturated rings. The van der Waals surface area contributed by atoms with E-state index in [-0.39, 0.29) is 12.6 Å². The molecule has 2 aromatic rings. The molecule has 0 saturated carbocycles. The van der Waals surface area contributed by atoms with Crippen LogP contribution in [0.5, 0.6) is 0 Å². The lowest BCUT2D eigenvalue weighted by Gasteiger charge is -2.32.